The van der Waals surface area contributed by atoms with Crippen LogP contribution in [0, 0.1) is 6.92 Å². The monoisotopic (exact) mass is 258 g/mol. The molecule has 98 valence electrons. The van der Waals surface area contributed by atoms with Gasteiger partial charge in [0.25, 0.3) is 0 Å². The van der Waals surface area contributed by atoms with E-state index in [-0.39, 0.29) is 0 Å². The van der Waals surface area contributed by atoms with Crippen LogP contribution in [0.4, 0.5) is 0 Å². The first-order valence-electron chi connectivity index (χ1n) is 6.15. The van der Waals surface area contributed by atoms with Gasteiger partial charge in [-0.25, -0.2) is 4.79 Å². The molecular formula is C15H14O4. The third-order valence-corrected chi connectivity index (χ3v) is 3.34. The fourth-order valence-corrected chi connectivity index (χ4v) is 2.22. The number of rotatable bonds is 1. The van der Waals surface area contributed by atoms with Crippen LogP contribution in [0.5, 0.6) is 0 Å². The zero-order valence-electron chi connectivity index (χ0n) is 10.7. The zero-order chi connectivity index (χ0) is 13.6. The maximum absolute atomic E-state index is 12.1. The molecule has 1 aliphatic rings. The van der Waals surface area contributed by atoms with E-state index in [0.29, 0.717) is 5.56 Å². The molecular weight excluding hydrogens is 244 g/mol. The Labute approximate surface area is 110 Å². The average molecular weight is 258 g/mol. The molecule has 0 fully saturated rings. The molecule has 0 amide bonds. The highest BCUT2D eigenvalue weighted by molar-refractivity contribution is 6.00. The lowest BCUT2D eigenvalue weighted by Gasteiger charge is -2.15. The van der Waals surface area contributed by atoms with Gasteiger partial charge in [-0.1, -0.05) is 6.08 Å². The van der Waals surface area contributed by atoms with E-state index in [9.17, 15) is 9.90 Å². The predicted octanol–water partition coefficient (Wildman–Crippen LogP) is 2.67. The van der Waals surface area contributed by atoms with E-state index < -0.39 is 18.2 Å². The summed E-state index contributed by atoms with van der Waals surface area (Å²) in [7, 11) is 0. The van der Waals surface area contributed by atoms with Crippen molar-refractivity contribution in [1.82, 2.24) is 0 Å². The Bertz CT molecular complexity index is 679. The molecule has 19 heavy (non-hydrogen) atoms. The van der Waals surface area contributed by atoms with Gasteiger partial charge >= 0.3 is 5.97 Å². The van der Waals surface area contributed by atoms with Crippen LogP contribution in [0.2, 0.25) is 0 Å². The Morgan fingerprint density at radius 3 is 2.89 bits per heavy atom. The number of carbonyl (C=O) groups excluding carboxylic acids is 1. The number of hydrogen-bond donors (Lipinski definition) is 1. The molecule has 0 bridgehead atoms. The molecule has 4 heteroatoms. The second-order valence-corrected chi connectivity index (χ2v) is 4.82. The summed E-state index contributed by atoms with van der Waals surface area (Å²) >= 11 is 0. The molecule has 0 aliphatic carbocycles. The number of benzene rings is 1. The van der Waals surface area contributed by atoms with Crippen LogP contribution in [-0.2, 0) is 4.74 Å². The van der Waals surface area contributed by atoms with Crippen molar-refractivity contribution in [3.63, 3.8) is 0 Å². The molecule has 0 spiro atoms. The highest BCUT2D eigenvalue weighted by atomic mass is 16.6. The lowest BCUT2D eigenvalue weighted by atomic mass is 10.0. The first kappa shape index (κ1) is 12.0. The molecule has 1 aromatic heterocycles. The molecule has 1 aliphatic heterocycles. The Morgan fingerprint density at radius 1 is 1.37 bits per heavy atom. The molecule has 0 radical (unpaired) electrons. The van der Waals surface area contributed by atoms with Crippen LogP contribution in [-0.4, -0.2) is 23.3 Å². The number of carbonyl (C=O) groups is 1. The quantitative estimate of drug-likeness (QED) is 0.799. The average Bonchev–Trinajstić information content (AvgIpc) is 2.64. The Morgan fingerprint density at radius 2 is 2.16 bits per heavy atom. The van der Waals surface area contributed by atoms with Gasteiger partial charge in [-0.15, -0.1) is 0 Å². The third-order valence-electron chi connectivity index (χ3n) is 3.34. The van der Waals surface area contributed by atoms with E-state index >= 15 is 0 Å². The number of ether oxygens (including phenoxy) is 1. The summed E-state index contributed by atoms with van der Waals surface area (Å²) in [5.41, 5.74) is 2.96. The molecule has 2 aromatic rings. The van der Waals surface area contributed by atoms with Crippen molar-refractivity contribution in [2.75, 3.05) is 0 Å². The zero-order valence-corrected chi connectivity index (χ0v) is 10.7. The minimum absolute atomic E-state index is 0.423. The first-order chi connectivity index (χ1) is 9.06. The lowest BCUT2D eigenvalue weighted by Crippen LogP contribution is -2.26. The Kier molecular flexibility index (Phi) is 2.68. The summed E-state index contributed by atoms with van der Waals surface area (Å²) < 4.78 is 10.7. The predicted molar refractivity (Wildman–Crippen MR) is 70.9 cm³/mol. The third kappa shape index (κ3) is 1.94. The number of esters is 1. The highest BCUT2D eigenvalue weighted by Crippen LogP contribution is 2.28. The number of aryl methyl sites for hydroxylation is 1. The van der Waals surface area contributed by atoms with Gasteiger partial charge in [0.2, 0.25) is 0 Å². The normalized spacial score (nSPS) is 19.9. The van der Waals surface area contributed by atoms with Gasteiger partial charge in [-0.2, -0.15) is 0 Å². The van der Waals surface area contributed by atoms with E-state index in [0.717, 1.165) is 22.1 Å². The smallest absolute Gasteiger partial charge is 0.339 e. The van der Waals surface area contributed by atoms with Crippen molar-refractivity contribution in [3.05, 3.63) is 41.2 Å². The number of furan rings is 1. The Balaban J connectivity index is 2.15. The van der Waals surface area contributed by atoms with Gasteiger partial charge in [-0.3, -0.25) is 0 Å². The maximum Gasteiger partial charge on any atom is 0.339 e. The lowest BCUT2D eigenvalue weighted by molar-refractivity contribution is 0.00647. The van der Waals surface area contributed by atoms with Crippen molar-refractivity contribution in [3.8, 4) is 0 Å². The highest BCUT2D eigenvalue weighted by Gasteiger charge is 2.24. The van der Waals surface area contributed by atoms with E-state index in [1.165, 1.54) is 0 Å². The van der Waals surface area contributed by atoms with E-state index in [2.05, 4.69) is 0 Å². The summed E-state index contributed by atoms with van der Waals surface area (Å²) in [6.45, 7) is 3.52. The number of aliphatic hydroxyl groups excluding tert-OH is 1. The van der Waals surface area contributed by atoms with Gasteiger partial charge in [0, 0.05) is 5.39 Å². The van der Waals surface area contributed by atoms with Crippen LogP contribution in [0.15, 0.2) is 28.9 Å². The molecule has 3 rings (SSSR count). The molecule has 2 heterocycles. The molecule has 2 unspecified atom stereocenters. The summed E-state index contributed by atoms with van der Waals surface area (Å²) in [5.74, 6) is -0.423. The Hall–Kier alpha value is -2.07. The van der Waals surface area contributed by atoms with E-state index in [4.69, 9.17) is 9.15 Å². The van der Waals surface area contributed by atoms with E-state index in [1.807, 2.05) is 13.0 Å². The molecule has 1 aromatic carbocycles. The van der Waals surface area contributed by atoms with Crippen molar-refractivity contribution < 1.29 is 19.1 Å². The molecule has 1 N–H and O–H groups in total. The number of aliphatic hydroxyl groups is 1. The maximum atomic E-state index is 12.1. The minimum atomic E-state index is -0.737. The van der Waals surface area contributed by atoms with Gasteiger partial charge in [-0.05, 0) is 43.2 Å². The van der Waals surface area contributed by atoms with Crippen molar-refractivity contribution in [1.29, 1.82) is 0 Å². The second-order valence-electron chi connectivity index (χ2n) is 4.82. The van der Waals surface area contributed by atoms with Gasteiger partial charge in [0.05, 0.1) is 17.9 Å². The van der Waals surface area contributed by atoms with Gasteiger partial charge in [0.1, 0.15) is 11.7 Å². The SMILES string of the molecule is Cc1coc2cc3c(cc12)C(=O)OC(C(C)O)C=C3. The van der Waals surface area contributed by atoms with Crippen molar-refractivity contribution in [2.45, 2.75) is 26.1 Å². The summed E-state index contributed by atoms with van der Waals surface area (Å²) in [5, 5.41) is 10.4. The molecule has 2 atom stereocenters. The fourth-order valence-electron chi connectivity index (χ4n) is 2.22. The summed E-state index contributed by atoms with van der Waals surface area (Å²) in [6.07, 6.45) is 3.79. The van der Waals surface area contributed by atoms with Gasteiger partial charge < -0.3 is 14.3 Å². The largest absolute Gasteiger partial charge is 0.464 e. The van der Waals surface area contributed by atoms with Crippen LogP contribution in [0.3, 0.4) is 0 Å². The second kappa shape index (κ2) is 4.24. The fraction of sp³-hybridized carbons (Fsp3) is 0.267. The van der Waals surface area contributed by atoms with Crippen molar-refractivity contribution >= 4 is 23.0 Å². The molecule has 4 nitrogen and oxygen atoms in total. The summed E-state index contributed by atoms with van der Waals surface area (Å²) in [4.78, 5) is 12.1. The number of fused-ring (bicyclic) bond motifs is 2. The van der Waals surface area contributed by atoms with Gasteiger partial charge in [0.15, 0.2) is 0 Å². The van der Waals surface area contributed by atoms with Crippen LogP contribution in [0.1, 0.15) is 28.4 Å². The van der Waals surface area contributed by atoms with Crippen LogP contribution in [0.25, 0.3) is 17.0 Å². The van der Waals surface area contributed by atoms with Crippen molar-refractivity contribution in [2.24, 2.45) is 0 Å². The number of cyclic esters (lactones) is 1. The number of hydrogen-bond acceptors (Lipinski definition) is 4. The van der Waals surface area contributed by atoms with Crippen LogP contribution >= 0.6 is 0 Å². The first-order valence-corrected chi connectivity index (χ1v) is 6.15. The van der Waals surface area contributed by atoms with Crippen LogP contribution < -0.4 is 0 Å². The topological polar surface area (TPSA) is 59.7 Å². The standard InChI is InChI=1S/C15H14O4/c1-8-7-18-14-5-10-3-4-13(9(2)16)19-15(17)12(10)6-11(8)14/h3-7,9,13,16H,1-2H3. The summed E-state index contributed by atoms with van der Waals surface area (Å²) in [6, 6.07) is 3.60. The van der Waals surface area contributed by atoms with E-state index in [1.54, 1.807) is 31.4 Å². The molecule has 0 saturated carbocycles. The molecule has 0 saturated heterocycles. The minimum Gasteiger partial charge on any atom is -0.464 e.